The third kappa shape index (κ3) is 3.35. The van der Waals surface area contributed by atoms with E-state index in [0.717, 1.165) is 7.11 Å². The van der Waals surface area contributed by atoms with Crippen LogP contribution in [0.3, 0.4) is 0 Å². The first-order valence-electron chi connectivity index (χ1n) is 4.82. The molecule has 0 fully saturated rings. The maximum absolute atomic E-state index is 11.8. The van der Waals surface area contributed by atoms with Crippen molar-refractivity contribution in [1.29, 1.82) is 0 Å². The van der Waals surface area contributed by atoms with Gasteiger partial charge in [-0.2, -0.15) is 0 Å². The number of benzene rings is 1. The van der Waals surface area contributed by atoms with Crippen molar-refractivity contribution in [3.63, 3.8) is 0 Å². The van der Waals surface area contributed by atoms with Gasteiger partial charge in [0.25, 0.3) is 0 Å². The number of nitrogen functional groups attached to an aromatic ring is 1. The molecule has 0 saturated heterocycles. The van der Waals surface area contributed by atoms with Crippen molar-refractivity contribution in [3.05, 3.63) is 24.3 Å². The Hall–Kier alpha value is -1.76. The van der Waals surface area contributed by atoms with Gasteiger partial charge in [-0.25, -0.2) is 8.42 Å². The predicted octanol–water partition coefficient (Wildman–Crippen LogP) is 0.572. The summed E-state index contributed by atoms with van der Waals surface area (Å²) in [5.74, 6) is -0.818. The molecule has 17 heavy (non-hydrogen) atoms. The summed E-state index contributed by atoms with van der Waals surface area (Å²) in [5, 5.41) is -1.28. The molecule has 6 nitrogen and oxygen atoms in total. The number of rotatable bonds is 4. The number of hydrogen-bond acceptors (Lipinski definition) is 5. The SMILES string of the molecule is COC(=O)C(C)S(=O)(=O)Nc1cccc(N)c1. The Morgan fingerprint density at radius 3 is 2.65 bits per heavy atom. The van der Waals surface area contributed by atoms with Crippen molar-refractivity contribution < 1.29 is 17.9 Å². The van der Waals surface area contributed by atoms with Crippen LogP contribution < -0.4 is 10.5 Å². The van der Waals surface area contributed by atoms with Crippen LogP contribution in [0.2, 0.25) is 0 Å². The molecule has 1 rings (SSSR count). The minimum atomic E-state index is -3.82. The Balaban J connectivity index is 2.90. The van der Waals surface area contributed by atoms with Crippen LogP contribution in [0, 0.1) is 0 Å². The smallest absolute Gasteiger partial charge is 0.325 e. The fraction of sp³-hybridized carbons (Fsp3) is 0.300. The minimum Gasteiger partial charge on any atom is -0.468 e. The molecular weight excluding hydrogens is 244 g/mol. The molecule has 0 radical (unpaired) electrons. The fourth-order valence-corrected chi connectivity index (χ4v) is 2.13. The number of nitrogens with two attached hydrogens (primary N) is 1. The van der Waals surface area contributed by atoms with E-state index in [0.29, 0.717) is 11.4 Å². The zero-order valence-corrected chi connectivity index (χ0v) is 10.3. The lowest BCUT2D eigenvalue weighted by molar-refractivity contribution is -0.139. The number of anilines is 2. The van der Waals surface area contributed by atoms with Gasteiger partial charge < -0.3 is 10.5 Å². The van der Waals surface area contributed by atoms with Crippen LogP contribution in [-0.4, -0.2) is 26.7 Å². The van der Waals surface area contributed by atoms with Gasteiger partial charge in [0.05, 0.1) is 12.8 Å². The zero-order valence-electron chi connectivity index (χ0n) is 9.51. The summed E-state index contributed by atoms with van der Waals surface area (Å²) in [4.78, 5) is 11.1. The molecule has 0 aliphatic heterocycles. The van der Waals surface area contributed by atoms with Crippen molar-refractivity contribution in [2.75, 3.05) is 17.6 Å². The monoisotopic (exact) mass is 258 g/mol. The molecule has 0 amide bonds. The first-order valence-corrected chi connectivity index (χ1v) is 6.36. The van der Waals surface area contributed by atoms with E-state index in [4.69, 9.17) is 5.73 Å². The van der Waals surface area contributed by atoms with Gasteiger partial charge in [0.1, 0.15) is 0 Å². The lowest BCUT2D eigenvalue weighted by Gasteiger charge is -2.13. The van der Waals surface area contributed by atoms with E-state index < -0.39 is 21.2 Å². The van der Waals surface area contributed by atoms with Crippen molar-refractivity contribution in [1.82, 2.24) is 0 Å². The van der Waals surface area contributed by atoms with Crippen molar-refractivity contribution in [2.24, 2.45) is 0 Å². The van der Waals surface area contributed by atoms with Gasteiger partial charge >= 0.3 is 5.97 Å². The van der Waals surface area contributed by atoms with Crippen LogP contribution in [0.5, 0.6) is 0 Å². The van der Waals surface area contributed by atoms with Crippen molar-refractivity contribution >= 4 is 27.4 Å². The van der Waals surface area contributed by atoms with E-state index >= 15 is 0 Å². The Morgan fingerprint density at radius 1 is 1.47 bits per heavy atom. The lowest BCUT2D eigenvalue weighted by atomic mass is 10.3. The minimum absolute atomic E-state index is 0.306. The van der Waals surface area contributed by atoms with Gasteiger partial charge in [0.2, 0.25) is 10.0 Å². The second-order valence-corrected chi connectivity index (χ2v) is 5.44. The number of hydrogen-bond donors (Lipinski definition) is 2. The Bertz CT molecular complexity index is 513. The molecule has 1 atom stereocenters. The standard InChI is InChI=1S/C10H14N2O4S/c1-7(10(13)16-2)17(14,15)12-9-5-3-4-8(11)6-9/h3-7,12H,11H2,1-2H3. The van der Waals surface area contributed by atoms with Crippen LogP contribution in [0.25, 0.3) is 0 Å². The molecule has 1 aromatic carbocycles. The molecule has 0 heterocycles. The van der Waals surface area contributed by atoms with E-state index in [-0.39, 0.29) is 0 Å². The topological polar surface area (TPSA) is 98.5 Å². The molecule has 0 bridgehead atoms. The van der Waals surface area contributed by atoms with Gasteiger partial charge in [-0.3, -0.25) is 9.52 Å². The average Bonchev–Trinajstić information content (AvgIpc) is 2.26. The molecule has 7 heteroatoms. The summed E-state index contributed by atoms with van der Waals surface area (Å²) in [6, 6.07) is 6.23. The summed E-state index contributed by atoms with van der Waals surface area (Å²) in [7, 11) is -2.69. The fourth-order valence-electron chi connectivity index (χ4n) is 1.15. The molecule has 94 valence electrons. The molecule has 0 aliphatic rings. The van der Waals surface area contributed by atoms with Crippen molar-refractivity contribution in [2.45, 2.75) is 12.2 Å². The van der Waals surface area contributed by atoms with Crippen LogP contribution in [0.4, 0.5) is 11.4 Å². The van der Waals surface area contributed by atoms with Crippen LogP contribution in [0.1, 0.15) is 6.92 Å². The molecule has 1 aromatic rings. The summed E-state index contributed by atoms with van der Waals surface area (Å²) in [6.45, 7) is 1.25. The number of sulfonamides is 1. The Labute approximate surface area is 99.8 Å². The maximum atomic E-state index is 11.8. The highest BCUT2D eigenvalue weighted by Gasteiger charge is 2.28. The van der Waals surface area contributed by atoms with Crippen molar-refractivity contribution in [3.8, 4) is 0 Å². The summed E-state index contributed by atoms with van der Waals surface area (Å²) >= 11 is 0. The molecule has 0 spiro atoms. The first kappa shape index (κ1) is 13.3. The second kappa shape index (κ2) is 5.05. The molecule has 1 unspecified atom stereocenters. The summed E-state index contributed by atoms with van der Waals surface area (Å²) in [6.07, 6.45) is 0. The summed E-state index contributed by atoms with van der Waals surface area (Å²) < 4.78 is 30.2. The van der Waals surface area contributed by atoms with Gasteiger partial charge in [0, 0.05) is 5.69 Å². The first-order chi connectivity index (χ1) is 7.86. The number of ether oxygens (including phenoxy) is 1. The highest BCUT2D eigenvalue weighted by molar-refractivity contribution is 7.94. The number of carbonyl (C=O) groups excluding carboxylic acids is 1. The largest absolute Gasteiger partial charge is 0.468 e. The molecule has 0 saturated carbocycles. The molecule has 0 aromatic heterocycles. The van der Waals surface area contributed by atoms with E-state index in [1.165, 1.54) is 19.1 Å². The van der Waals surface area contributed by atoms with Crippen LogP contribution in [-0.2, 0) is 19.6 Å². The Kier molecular flexibility index (Phi) is 3.95. The normalized spacial score (nSPS) is 12.8. The average molecular weight is 258 g/mol. The van der Waals surface area contributed by atoms with Gasteiger partial charge in [-0.05, 0) is 25.1 Å². The van der Waals surface area contributed by atoms with Gasteiger partial charge in [-0.15, -0.1) is 0 Å². The zero-order chi connectivity index (χ0) is 13.1. The molecular formula is C10H14N2O4S. The highest BCUT2D eigenvalue weighted by atomic mass is 32.2. The number of esters is 1. The third-order valence-corrected chi connectivity index (χ3v) is 3.79. The van der Waals surface area contributed by atoms with Crippen LogP contribution >= 0.6 is 0 Å². The predicted molar refractivity (Wildman–Crippen MR) is 64.9 cm³/mol. The van der Waals surface area contributed by atoms with E-state index in [2.05, 4.69) is 9.46 Å². The van der Waals surface area contributed by atoms with E-state index in [1.54, 1.807) is 12.1 Å². The number of nitrogens with one attached hydrogen (secondary N) is 1. The number of carbonyl (C=O) groups is 1. The highest BCUT2D eigenvalue weighted by Crippen LogP contribution is 2.15. The van der Waals surface area contributed by atoms with Gasteiger partial charge in [0.15, 0.2) is 5.25 Å². The van der Waals surface area contributed by atoms with Gasteiger partial charge in [-0.1, -0.05) is 6.07 Å². The second-order valence-electron chi connectivity index (χ2n) is 3.44. The quantitative estimate of drug-likeness (QED) is 0.607. The van der Waals surface area contributed by atoms with E-state index in [9.17, 15) is 13.2 Å². The Morgan fingerprint density at radius 2 is 2.12 bits per heavy atom. The third-order valence-electron chi connectivity index (χ3n) is 2.15. The van der Waals surface area contributed by atoms with Crippen LogP contribution in [0.15, 0.2) is 24.3 Å². The summed E-state index contributed by atoms with van der Waals surface area (Å²) in [5.41, 5.74) is 6.25. The molecule has 0 aliphatic carbocycles. The molecule has 3 N–H and O–H groups in total. The number of methoxy groups -OCH3 is 1. The van der Waals surface area contributed by atoms with E-state index in [1.807, 2.05) is 0 Å². The lowest BCUT2D eigenvalue weighted by Crippen LogP contribution is -2.33. The maximum Gasteiger partial charge on any atom is 0.325 e.